The highest BCUT2D eigenvalue weighted by molar-refractivity contribution is 5.95. The lowest BCUT2D eigenvalue weighted by atomic mass is 9.96. The highest BCUT2D eigenvalue weighted by Crippen LogP contribution is 2.14. The van der Waals surface area contributed by atoms with Crippen LogP contribution in [-0.2, 0) is 5.41 Å². The number of rotatable bonds is 2. The topological polar surface area (TPSA) is 69.8 Å². The molecule has 2 aromatic rings. The maximum Gasteiger partial charge on any atom is 0.162 e. The molecule has 5 heteroatoms. The SMILES string of the molecule is CC(C)(C)c1nnn[n-]1.CCC(=O)c1ccccc1. The molecule has 0 saturated carbocycles. The average Bonchev–Trinajstić information content (AvgIpc) is 2.93. The van der Waals surface area contributed by atoms with Crippen molar-refractivity contribution in [2.45, 2.75) is 39.5 Å². The Morgan fingerprint density at radius 2 is 1.84 bits per heavy atom. The molecule has 2 rings (SSSR count). The molecule has 0 fully saturated rings. The Kier molecular flexibility index (Phi) is 5.36. The molecular weight excluding hydrogens is 240 g/mol. The van der Waals surface area contributed by atoms with E-state index in [9.17, 15) is 4.79 Å². The second kappa shape index (κ2) is 6.78. The number of carbonyl (C=O) groups excluding carboxylic acids is 1. The van der Waals surface area contributed by atoms with Crippen molar-refractivity contribution in [3.63, 3.8) is 0 Å². The van der Waals surface area contributed by atoms with Crippen molar-refractivity contribution in [3.8, 4) is 0 Å². The molecule has 5 nitrogen and oxygen atoms in total. The molecule has 0 aliphatic carbocycles. The Balaban J connectivity index is 0.000000191. The van der Waals surface area contributed by atoms with Crippen LogP contribution in [0.2, 0.25) is 0 Å². The van der Waals surface area contributed by atoms with Gasteiger partial charge in [-0.05, 0) is 5.41 Å². The Labute approximate surface area is 113 Å². The first-order valence-electron chi connectivity index (χ1n) is 6.22. The smallest absolute Gasteiger partial charge is 0.162 e. The van der Waals surface area contributed by atoms with E-state index in [1.54, 1.807) is 0 Å². The van der Waals surface area contributed by atoms with Gasteiger partial charge < -0.3 is 5.10 Å². The third-order valence-corrected chi connectivity index (χ3v) is 2.41. The monoisotopic (exact) mass is 259 g/mol. The van der Waals surface area contributed by atoms with Gasteiger partial charge in [-0.1, -0.05) is 58.0 Å². The minimum Gasteiger partial charge on any atom is -0.335 e. The highest BCUT2D eigenvalue weighted by Gasteiger charge is 2.10. The maximum absolute atomic E-state index is 11.0. The van der Waals surface area contributed by atoms with Gasteiger partial charge in [0.05, 0.1) is 0 Å². The van der Waals surface area contributed by atoms with Gasteiger partial charge in [0, 0.05) is 17.8 Å². The van der Waals surface area contributed by atoms with Crippen LogP contribution < -0.4 is 5.10 Å². The zero-order valence-electron chi connectivity index (χ0n) is 11.8. The van der Waals surface area contributed by atoms with Crippen molar-refractivity contribution in [1.82, 2.24) is 20.6 Å². The van der Waals surface area contributed by atoms with Crippen molar-refractivity contribution < 1.29 is 4.79 Å². The predicted molar refractivity (Wildman–Crippen MR) is 72.9 cm³/mol. The van der Waals surface area contributed by atoms with Crippen LogP contribution in [-0.4, -0.2) is 21.3 Å². The summed E-state index contributed by atoms with van der Waals surface area (Å²) in [4.78, 5) is 11.0. The predicted octanol–water partition coefficient (Wildman–Crippen LogP) is 2.41. The number of nitrogens with zero attached hydrogens (tertiary/aromatic N) is 4. The summed E-state index contributed by atoms with van der Waals surface area (Å²) in [6, 6.07) is 9.34. The number of carbonyl (C=O) groups is 1. The maximum atomic E-state index is 11.0. The van der Waals surface area contributed by atoms with Crippen LogP contribution in [0, 0.1) is 0 Å². The first kappa shape index (κ1) is 15.0. The van der Waals surface area contributed by atoms with Crippen LogP contribution >= 0.6 is 0 Å². The Bertz CT molecular complexity index is 486. The molecule has 0 unspecified atom stereocenters. The van der Waals surface area contributed by atoms with Crippen LogP contribution in [0.15, 0.2) is 30.3 Å². The summed E-state index contributed by atoms with van der Waals surface area (Å²) < 4.78 is 0. The van der Waals surface area contributed by atoms with E-state index in [2.05, 4.69) is 20.6 Å². The minimum absolute atomic E-state index is 0.0243. The third kappa shape index (κ3) is 4.99. The molecule has 0 aliphatic heterocycles. The lowest BCUT2D eigenvalue weighted by Crippen LogP contribution is -2.14. The van der Waals surface area contributed by atoms with Gasteiger partial charge >= 0.3 is 0 Å². The van der Waals surface area contributed by atoms with E-state index in [1.165, 1.54) is 0 Å². The number of tetrazole rings is 1. The Morgan fingerprint density at radius 3 is 2.21 bits per heavy atom. The number of benzene rings is 1. The van der Waals surface area contributed by atoms with Gasteiger partial charge in [0.1, 0.15) is 0 Å². The van der Waals surface area contributed by atoms with Crippen molar-refractivity contribution in [3.05, 3.63) is 41.7 Å². The summed E-state index contributed by atoms with van der Waals surface area (Å²) >= 11 is 0. The molecule has 102 valence electrons. The number of ketones is 1. The zero-order chi connectivity index (χ0) is 14.3. The van der Waals surface area contributed by atoms with Crippen LogP contribution in [0.3, 0.4) is 0 Å². The second-order valence-corrected chi connectivity index (χ2v) is 5.10. The molecule has 0 atom stereocenters. The summed E-state index contributed by atoms with van der Waals surface area (Å²) in [5, 5.41) is 14.2. The van der Waals surface area contributed by atoms with E-state index in [1.807, 2.05) is 58.0 Å². The van der Waals surface area contributed by atoms with Crippen molar-refractivity contribution in [1.29, 1.82) is 0 Å². The molecule has 0 spiro atoms. The third-order valence-electron chi connectivity index (χ3n) is 2.41. The van der Waals surface area contributed by atoms with Crippen LogP contribution in [0.4, 0.5) is 0 Å². The normalized spacial score (nSPS) is 10.5. The molecule has 1 aromatic carbocycles. The summed E-state index contributed by atoms with van der Waals surface area (Å²) in [6.07, 6.45) is 0.587. The van der Waals surface area contributed by atoms with Gasteiger partial charge in [-0.25, -0.2) is 0 Å². The molecule has 0 saturated heterocycles. The molecule has 1 heterocycles. The van der Waals surface area contributed by atoms with Gasteiger partial charge in [0.15, 0.2) is 5.78 Å². The van der Waals surface area contributed by atoms with Gasteiger partial charge in [-0.3, -0.25) is 15.1 Å². The fraction of sp³-hybridized carbons (Fsp3) is 0.429. The average molecular weight is 259 g/mol. The van der Waals surface area contributed by atoms with Gasteiger partial charge in [-0.15, -0.1) is 0 Å². The number of hydrogen-bond acceptors (Lipinski definition) is 4. The van der Waals surface area contributed by atoms with Crippen LogP contribution in [0.1, 0.15) is 50.3 Å². The summed E-state index contributed by atoms with van der Waals surface area (Å²) in [5.41, 5.74) is 0.786. The molecular formula is C14H19N4O-. The van der Waals surface area contributed by atoms with Crippen molar-refractivity contribution in [2.24, 2.45) is 0 Å². The van der Waals surface area contributed by atoms with E-state index >= 15 is 0 Å². The highest BCUT2D eigenvalue weighted by atomic mass is 16.1. The van der Waals surface area contributed by atoms with E-state index in [0.29, 0.717) is 12.2 Å². The van der Waals surface area contributed by atoms with Gasteiger partial charge in [-0.2, -0.15) is 5.21 Å². The molecule has 0 radical (unpaired) electrons. The summed E-state index contributed by atoms with van der Waals surface area (Å²) in [6.45, 7) is 7.93. The molecule has 1 aromatic heterocycles. The zero-order valence-corrected chi connectivity index (χ0v) is 11.8. The van der Waals surface area contributed by atoms with Gasteiger partial charge in [0.2, 0.25) is 0 Å². The van der Waals surface area contributed by atoms with E-state index < -0.39 is 0 Å². The van der Waals surface area contributed by atoms with Crippen molar-refractivity contribution in [2.75, 3.05) is 0 Å². The fourth-order valence-electron chi connectivity index (χ4n) is 1.27. The van der Waals surface area contributed by atoms with Crippen LogP contribution in [0.5, 0.6) is 0 Å². The largest absolute Gasteiger partial charge is 0.335 e. The molecule has 0 aliphatic rings. The van der Waals surface area contributed by atoms with Gasteiger partial charge in [0.25, 0.3) is 0 Å². The Morgan fingerprint density at radius 1 is 1.21 bits per heavy atom. The number of Topliss-reactive ketones (excluding diaryl/α,β-unsaturated/α-hetero) is 1. The molecule has 0 N–H and O–H groups in total. The quantitative estimate of drug-likeness (QED) is 0.774. The second-order valence-electron chi connectivity index (χ2n) is 5.10. The number of hydrogen-bond donors (Lipinski definition) is 0. The summed E-state index contributed by atoms with van der Waals surface area (Å²) in [7, 11) is 0. The molecule has 19 heavy (non-hydrogen) atoms. The van der Waals surface area contributed by atoms with E-state index in [-0.39, 0.29) is 11.2 Å². The first-order chi connectivity index (χ1) is 8.95. The van der Waals surface area contributed by atoms with Crippen molar-refractivity contribution >= 4 is 5.78 Å². The molecule has 0 bridgehead atoms. The van der Waals surface area contributed by atoms with E-state index in [0.717, 1.165) is 5.56 Å². The standard InChI is InChI=1S/C9H10O.C5H9N4/c1-2-9(10)8-6-4-3-5-7-8;1-5(2,3)4-6-8-9-7-4/h3-7H,2H2,1H3;1-3H3/q;-1. The fourth-order valence-corrected chi connectivity index (χ4v) is 1.27. The van der Waals surface area contributed by atoms with Crippen LogP contribution in [0.25, 0.3) is 0 Å². The minimum atomic E-state index is -0.0243. The number of aromatic nitrogens is 4. The molecule has 0 amide bonds. The lowest BCUT2D eigenvalue weighted by Gasteiger charge is -2.16. The Hall–Kier alpha value is -2.04. The van der Waals surface area contributed by atoms with E-state index in [4.69, 9.17) is 0 Å². The summed E-state index contributed by atoms with van der Waals surface area (Å²) in [5.74, 6) is 0.906. The first-order valence-corrected chi connectivity index (χ1v) is 6.22. The lowest BCUT2D eigenvalue weighted by molar-refractivity contribution is 0.0988.